The largest absolute Gasteiger partial charge is 0.386 e. The Hall–Kier alpha value is -1.68. The number of nitrogens with zero attached hydrogens (tertiary/aromatic N) is 2. The van der Waals surface area contributed by atoms with Crippen molar-refractivity contribution in [2.24, 2.45) is 0 Å². The van der Waals surface area contributed by atoms with E-state index in [1.54, 1.807) is 35.1 Å². The molecule has 0 bridgehead atoms. The number of alkyl halides is 1. The van der Waals surface area contributed by atoms with Gasteiger partial charge in [-0.15, -0.1) is 0 Å². The highest BCUT2D eigenvalue weighted by Crippen LogP contribution is 2.15. The van der Waals surface area contributed by atoms with E-state index in [9.17, 15) is 9.50 Å². The van der Waals surface area contributed by atoms with Crippen LogP contribution in [0, 0.1) is 0 Å². The van der Waals surface area contributed by atoms with Crippen molar-refractivity contribution in [1.29, 1.82) is 0 Å². The van der Waals surface area contributed by atoms with E-state index in [1.807, 2.05) is 12.3 Å². The molecule has 3 nitrogen and oxygen atoms in total. The number of hydrogen-bond acceptors (Lipinski definition) is 2. The molecule has 1 aromatic heterocycles. The molecule has 0 aliphatic rings. The van der Waals surface area contributed by atoms with Crippen LogP contribution in [0.3, 0.4) is 0 Å². The van der Waals surface area contributed by atoms with Crippen molar-refractivity contribution < 1.29 is 9.50 Å². The van der Waals surface area contributed by atoms with Gasteiger partial charge in [-0.3, -0.25) is 0 Å². The fourth-order valence-electron chi connectivity index (χ4n) is 1.36. The predicted molar refractivity (Wildman–Crippen MR) is 54.5 cm³/mol. The molecule has 2 aromatic rings. The van der Waals surface area contributed by atoms with Crippen molar-refractivity contribution in [3.63, 3.8) is 0 Å². The van der Waals surface area contributed by atoms with Crippen molar-refractivity contribution in [2.75, 3.05) is 6.67 Å². The second-order valence-corrected chi connectivity index (χ2v) is 3.21. The lowest BCUT2D eigenvalue weighted by molar-refractivity contribution is 0.142. The van der Waals surface area contributed by atoms with Gasteiger partial charge in [0.1, 0.15) is 12.8 Å². The van der Waals surface area contributed by atoms with E-state index in [0.29, 0.717) is 5.56 Å². The Morgan fingerprint density at radius 2 is 2.07 bits per heavy atom. The van der Waals surface area contributed by atoms with E-state index in [0.717, 1.165) is 5.69 Å². The molecule has 0 aliphatic carbocycles. The lowest BCUT2D eigenvalue weighted by Crippen LogP contribution is -2.00. The summed E-state index contributed by atoms with van der Waals surface area (Å²) in [6.45, 7) is -0.763. The van der Waals surface area contributed by atoms with Crippen LogP contribution in [0.4, 0.5) is 4.39 Å². The van der Waals surface area contributed by atoms with Gasteiger partial charge in [-0.2, -0.15) is 5.10 Å². The first-order valence-corrected chi connectivity index (χ1v) is 4.65. The van der Waals surface area contributed by atoms with Crippen molar-refractivity contribution in [3.05, 3.63) is 48.3 Å². The van der Waals surface area contributed by atoms with Crippen molar-refractivity contribution >= 4 is 0 Å². The highest BCUT2D eigenvalue weighted by atomic mass is 19.1. The maximum atomic E-state index is 12.2. The molecule has 1 atom stereocenters. The van der Waals surface area contributed by atoms with Crippen LogP contribution in [-0.4, -0.2) is 21.6 Å². The molecule has 4 heteroatoms. The zero-order valence-corrected chi connectivity index (χ0v) is 8.05. The molecule has 78 valence electrons. The average Bonchev–Trinajstić information content (AvgIpc) is 2.82. The van der Waals surface area contributed by atoms with Gasteiger partial charge in [0.05, 0.1) is 5.69 Å². The second-order valence-electron chi connectivity index (χ2n) is 3.21. The summed E-state index contributed by atoms with van der Waals surface area (Å²) in [5.74, 6) is 0. The number of aliphatic hydroxyl groups excluding tert-OH is 1. The van der Waals surface area contributed by atoms with Gasteiger partial charge in [0.2, 0.25) is 0 Å². The molecule has 15 heavy (non-hydrogen) atoms. The number of halogens is 1. The zero-order valence-electron chi connectivity index (χ0n) is 8.05. The summed E-state index contributed by atoms with van der Waals surface area (Å²) < 4.78 is 13.9. The first-order valence-electron chi connectivity index (χ1n) is 4.65. The number of aromatic nitrogens is 2. The van der Waals surface area contributed by atoms with Gasteiger partial charge >= 0.3 is 0 Å². The van der Waals surface area contributed by atoms with Crippen LogP contribution >= 0.6 is 0 Å². The molecular weight excluding hydrogens is 195 g/mol. The predicted octanol–water partition coefficient (Wildman–Crippen LogP) is 1.88. The summed E-state index contributed by atoms with van der Waals surface area (Å²) in [5.41, 5.74) is 1.46. The lowest BCUT2D eigenvalue weighted by atomic mass is 10.1. The molecule has 0 spiro atoms. The van der Waals surface area contributed by atoms with E-state index in [2.05, 4.69) is 5.10 Å². The smallest absolute Gasteiger partial charge is 0.119 e. The number of rotatable bonds is 3. The number of hydrogen-bond donors (Lipinski definition) is 1. The Labute approximate surface area is 86.8 Å². The van der Waals surface area contributed by atoms with Crippen LogP contribution in [0.25, 0.3) is 5.69 Å². The van der Waals surface area contributed by atoms with Gasteiger partial charge in [-0.05, 0) is 23.8 Å². The fraction of sp³-hybridized carbons (Fsp3) is 0.182. The highest BCUT2D eigenvalue weighted by molar-refractivity contribution is 5.34. The second kappa shape index (κ2) is 4.23. The molecule has 0 saturated heterocycles. The summed E-state index contributed by atoms with van der Waals surface area (Å²) in [7, 11) is 0. The standard InChI is InChI=1S/C11H11FN2O/c12-8-11(15)9-2-4-10(5-3-9)14-7-1-6-13-14/h1-7,11,15H,8H2. The molecule has 1 aromatic carbocycles. The number of benzene rings is 1. The van der Waals surface area contributed by atoms with E-state index in [4.69, 9.17) is 0 Å². The van der Waals surface area contributed by atoms with Crippen molar-refractivity contribution in [1.82, 2.24) is 9.78 Å². The molecule has 0 aliphatic heterocycles. The first kappa shape index (κ1) is 9.86. The van der Waals surface area contributed by atoms with Gasteiger partial charge in [0.15, 0.2) is 0 Å². The molecule has 1 heterocycles. The van der Waals surface area contributed by atoms with E-state index < -0.39 is 12.8 Å². The summed E-state index contributed by atoms with van der Waals surface area (Å²) in [4.78, 5) is 0. The summed E-state index contributed by atoms with van der Waals surface area (Å²) in [6, 6.07) is 8.80. The Bertz CT molecular complexity index is 411. The van der Waals surface area contributed by atoms with Crippen LogP contribution in [0.1, 0.15) is 11.7 Å². The van der Waals surface area contributed by atoms with Crippen molar-refractivity contribution in [2.45, 2.75) is 6.10 Å². The minimum Gasteiger partial charge on any atom is -0.386 e. The third kappa shape index (κ3) is 2.05. The zero-order chi connectivity index (χ0) is 10.7. The van der Waals surface area contributed by atoms with Gasteiger partial charge in [-0.25, -0.2) is 9.07 Å². The maximum absolute atomic E-state index is 12.2. The monoisotopic (exact) mass is 206 g/mol. The highest BCUT2D eigenvalue weighted by Gasteiger charge is 2.06. The molecule has 1 unspecified atom stereocenters. The van der Waals surface area contributed by atoms with E-state index >= 15 is 0 Å². The van der Waals surface area contributed by atoms with Gasteiger partial charge in [0.25, 0.3) is 0 Å². The summed E-state index contributed by atoms with van der Waals surface area (Å²) in [6.07, 6.45) is 2.47. The molecule has 1 N–H and O–H groups in total. The molecule has 0 fully saturated rings. The molecule has 2 rings (SSSR count). The van der Waals surface area contributed by atoms with Gasteiger partial charge in [0, 0.05) is 12.4 Å². The van der Waals surface area contributed by atoms with Crippen LogP contribution < -0.4 is 0 Å². The average molecular weight is 206 g/mol. The topological polar surface area (TPSA) is 38.0 Å². The Morgan fingerprint density at radius 1 is 1.33 bits per heavy atom. The summed E-state index contributed by atoms with van der Waals surface area (Å²) >= 11 is 0. The van der Waals surface area contributed by atoms with Gasteiger partial charge < -0.3 is 5.11 Å². The molecule has 0 radical (unpaired) electrons. The molecular formula is C11H11FN2O. The van der Waals surface area contributed by atoms with Crippen LogP contribution in [0.15, 0.2) is 42.7 Å². The maximum Gasteiger partial charge on any atom is 0.119 e. The normalized spacial score (nSPS) is 12.7. The molecule has 0 amide bonds. The molecule has 0 saturated carbocycles. The van der Waals surface area contributed by atoms with Crippen molar-refractivity contribution in [3.8, 4) is 5.69 Å². The summed E-state index contributed by atoms with van der Waals surface area (Å²) in [5, 5.41) is 13.3. The Morgan fingerprint density at radius 3 is 2.60 bits per heavy atom. The Kier molecular flexibility index (Phi) is 2.78. The minimum atomic E-state index is -1.03. The van der Waals surface area contributed by atoms with E-state index in [1.165, 1.54) is 0 Å². The third-order valence-electron chi connectivity index (χ3n) is 2.19. The van der Waals surface area contributed by atoms with Gasteiger partial charge in [-0.1, -0.05) is 12.1 Å². The van der Waals surface area contributed by atoms with Crippen LogP contribution in [0.2, 0.25) is 0 Å². The quantitative estimate of drug-likeness (QED) is 0.832. The van der Waals surface area contributed by atoms with E-state index in [-0.39, 0.29) is 0 Å². The SMILES string of the molecule is OC(CF)c1ccc(-n2cccn2)cc1. The Balaban J connectivity index is 2.25. The first-order chi connectivity index (χ1) is 7.31. The number of aliphatic hydroxyl groups is 1. The lowest BCUT2D eigenvalue weighted by Gasteiger charge is -2.07. The van der Waals surface area contributed by atoms with Crippen LogP contribution in [0.5, 0.6) is 0 Å². The fourth-order valence-corrected chi connectivity index (χ4v) is 1.36. The third-order valence-corrected chi connectivity index (χ3v) is 2.19. The van der Waals surface area contributed by atoms with Crippen LogP contribution in [-0.2, 0) is 0 Å². The minimum absolute atomic E-state index is 0.577.